The van der Waals surface area contributed by atoms with Gasteiger partial charge in [-0.2, -0.15) is 0 Å². The number of rotatable bonds is 10. The summed E-state index contributed by atoms with van der Waals surface area (Å²) >= 11 is 0. The minimum atomic E-state index is -0.511. The van der Waals surface area contributed by atoms with Gasteiger partial charge in [-0.05, 0) is 60.7 Å². The summed E-state index contributed by atoms with van der Waals surface area (Å²) in [5.41, 5.74) is 4.82. The number of fused-ring (bicyclic) bond motifs is 4. The van der Waals surface area contributed by atoms with Crippen molar-refractivity contribution in [2.24, 2.45) is 0 Å². The molecule has 43 heavy (non-hydrogen) atoms. The van der Waals surface area contributed by atoms with Crippen molar-refractivity contribution in [1.29, 1.82) is 0 Å². The van der Waals surface area contributed by atoms with Gasteiger partial charge in [0.05, 0.1) is 25.2 Å². The fourth-order valence-corrected chi connectivity index (χ4v) is 6.81. The summed E-state index contributed by atoms with van der Waals surface area (Å²) in [4.78, 5) is 34.6. The lowest BCUT2D eigenvalue weighted by molar-refractivity contribution is -0.124. The number of carbonyl (C=O) groups excluding carboxylic acids is 2. The molecule has 3 aliphatic heterocycles. The van der Waals surface area contributed by atoms with E-state index < -0.39 is 12.0 Å². The number of nitrogens with one attached hydrogen (secondary N) is 1. The predicted molar refractivity (Wildman–Crippen MR) is 167 cm³/mol. The molecule has 0 saturated carbocycles. The van der Waals surface area contributed by atoms with Crippen LogP contribution < -0.4 is 14.8 Å². The normalized spacial score (nSPS) is 20.1. The molecule has 6 rings (SSSR count). The third kappa shape index (κ3) is 6.12. The van der Waals surface area contributed by atoms with Gasteiger partial charge in [0.2, 0.25) is 5.91 Å². The van der Waals surface area contributed by atoms with Crippen LogP contribution in [0.2, 0.25) is 0 Å². The number of hydrogen-bond donors (Lipinski definition) is 1. The number of benzene rings is 3. The number of ether oxygens (including phenoxy) is 2. The van der Waals surface area contributed by atoms with Crippen molar-refractivity contribution in [3.05, 3.63) is 94.5 Å². The second kappa shape index (κ2) is 13.2. The Morgan fingerprint density at radius 1 is 0.837 bits per heavy atom. The van der Waals surface area contributed by atoms with Gasteiger partial charge in [0.1, 0.15) is 0 Å². The molecule has 8 nitrogen and oxygen atoms in total. The quantitative estimate of drug-likeness (QED) is 0.385. The van der Waals surface area contributed by atoms with Gasteiger partial charge < -0.3 is 19.7 Å². The van der Waals surface area contributed by atoms with Crippen LogP contribution in [0.1, 0.15) is 58.4 Å². The maximum Gasteiger partial charge on any atom is 0.254 e. The van der Waals surface area contributed by atoms with Gasteiger partial charge in [0.15, 0.2) is 11.5 Å². The SMILES string of the molecule is CCOc1cc2c(cc1OCC)[C@@H]1[C@@H](C(=O)NCCN3CCN(Cc4ccccc4)CC3)c3ccccc3C(=O)N1CC2. The number of hydrogen-bond acceptors (Lipinski definition) is 6. The topological polar surface area (TPSA) is 74.4 Å². The first-order chi connectivity index (χ1) is 21.1. The Labute approximate surface area is 254 Å². The third-order valence-corrected chi connectivity index (χ3v) is 8.91. The molecule has 0 unspecified atom stereocenters. The summed E-state index contributed by atoms with van der Waals surface area (Å²) in [5.74, 6) is 0.793. The molecule has 2 amide bonds. The first kappa shape index (κ1) is 29.2. The Kier molecular flexibility index (Phi) is 8.95. The van der Waals surface area contributed by atoms with Gasteiger partial charge in [-0.15, -0.1) is 0 Å². The standard InChI is InChI=1S/C35H42N4O4/c1-3-42-30-22-26-14-16-39-33(29(26)23-31(30)43-4-2)32(27-12-8-9-13-28(27)35(39)41)34(40)36-15-17-37-18-20-38(21-19-37)24-25-10-6-5-7-11-25/h5-13,22-23,32-33H,3-4,14-21,24H2,1-2H3,(H,36,40)/t32-,33+/m0/s1. The number of amides is 2. The highest BCUT2D eigenvalue weighted by Crippen LogP contribution is 2.48. The zero-order valence-corrected chi connectivity index (χ0v) is 25.3. The first-order valence-corrected chi connectivity index (χ1v) is 15.7. The van der Waals surface area contributed by atoms with E-state index in [4.69, 9.17) is 9.47 Å². The monoisotopic (exact) mass is 582 g/mol. The van der Waals surface area contributed by atoms with E-state index in [-0.39, 0.29) is 11.8 Å². The van der Waals surface area contributed by atoms with Crippen LogP contribution in [0.25, 0.3) is 0 Å². The Balaban J connectivity index is 1.18. The van der Waals surface area contributed by atoms with Crippen molar-refractivity contribution in [3.8, 4) is 11.5 Å². The molecule has 0 bridgehead atoms. The molecule has 3 aromatic carbocycles. The minimum absolute atomic E-state index is 0.0180. The van der Waals surface area contributed by atoms with Crippen LogP contribution >= 0.6 is 0 Å². The molecule has 1 saturated heterocycles. The minimum Gasteiger partial charge on any atom is -0.490 e. The molecule has 3 aliphatic rings. The van der Waals surface area contributed by atoms with Crippen molar-refractivity contribution in [2.45, 2.75) is 38.8 Å². The summed E-state index contributed by atoms with van der Waals surface area (Å²) in [5, 5.41) is 3.25. The van der Waals surface area contributed by atoms with Crippen LogP contribution in [0.3, 0.4) is 0 Å². The zero-order chi connectivity index (χ0) is 29.8. The molecule has 226 valence electrons. The molecule has 3 aromatic rings. The Hall–Kier alpha value is -3.88. The molecule has 2 atom stereocenters. The molecule has 0 radical (unpaired) electrons. The third-order valence-electron chi connectivity index (χ3n) is 8.91. The maximum atomic E-state index is 14.1. The highest BCUT2D eigenvalue weighted by atomic mass is 16.5. The highest BCUT2D eigenvalue weighted by molar-refractivity contribution is 6.01. The Bertz CT molecular complexity index is 1440. The molecule has 0 aromatic heterocycles. The second-order valence-corrected chi connectivity index (χ2v) is 11.5. The van der Waals surface area contributed by atoms with Gasteiger partial charge in [-0.25, -0.2) is 0 Å². The van der Waals surface area contributed by atoms with Gasteiger partial charge in [-0.3, -0.25) is 19.4 Å². The molecule has 3 heterocycles. The van der Waals surface area contributed by atoms with Gasteiger partial charge in [0.25, 0.3) is 5.91 Å². The summed E-state index contributed by atoms with van der Waals surface area (Å²) in [6.07, 6.45) is 0.705. The van der Waals surface area contributed by atoms with E-state index >= 15 is 0 Å². The van der Waals surface area contributed by atoms with Crippen LogP contribution in [-0.4, -0.2) is 85.5 Å². The molecule has 1 N–H and O–H groups in total. The van der Waals surface area contributed by atoms with Crippen LogP contribution in [0, 0.1) is 0 Å². The first-order valence-electron chi connectivity index (χ1n) is 15.7. The summed E-state index contributed by atoms with van der Waals surface area (Å²) < 4.78 is 11.9. The van der Waals surface area contributed by atoms with Crippen LogP contribution in [-0.2, 0) is 17.8 Å². The second-order valence-electron chi connectivity index (χ2n) is 11.5. The summed E-state index contributed by atoms with van der Waals surface area (Å²) in [7, 11) is 0. The van der Waals surface area contributed by atoms with Crippen LogP contribution in [0.4, 0.5) is 0 Å². The molecular formula is C35H42N4O4. The van der Waals surface area contributed by atoms with E-state index in [2.05, 4.69) is 45.4 Å². The number of piperazine rings is 1. The average Bonchev–Trinajstić information content (AvgIpc) is 3.03. The predicted octanol–water partition coefficient (Wildman–Crippen LogP) is 4.25. The lowest BCUT2D eigenvalue weighted by Crippen LogP contribution is -2.51. The molecule has 1 fully saturated rings. The van der Waals surface area contributed by atoms with Crippen LogP contribution in [0.15, 0.2) is 66.7 Å². The maximum absolute atomic E-state index is 14.1. The van der Waals surface area contributed by atoms with Crippen molar-refractivity contribution in [3.63, 3.8) is 0 Å². The number of carbonyl (C=O) groups is 2. The van der Waals surface area contributed by atoms with E-state index in [1.165, 1.54) is 5.56 Å². The summed E-state index contributed by atoms with van der Waals surface area (Å²) in [6, 6.07) is 21.8. The van der Waals surface area contributed by atoms with E-state index in [0.29, 0.717) is 49.8 Å². The fourth-order valence-electron chi connectivity index (χ4n) is 6.81. The fraction of sp³-hybridized carbons (Fsp3) is 0.429. The highest BCUT2D eigenvalue weighted by Gasteiger charge is 2.46. The average molecular weight is 583 g/mol. The number of nitrogens with zero attached hydrogens (tertiary/aromatic N) is 3. The van der Waals surface area contributed by atoms with Crippen molar-refractivity contribution < 1.29 is 19.1 Å². The molecule has 0 aliphatic carbocycles. The van der Waals surface area contributed by atoms with Crippen molar-refractivity contribution >= 4 is 11.8 Å². The van der Waals surface area contributed by atoms with Gasteiger partial charge in [-0.1, -0.05) is 48.5 Å². The van der Waals surface area contributed by atoms with Crippen LogP contribution in [0.5, 0.6) is 11.5 Å². The van der Waals surface area contributed by atoms with Crippen molar-refractivity contribution in [1.82, 2.24) is 20.0 Å². The largest absolute Gasteiger partial charge is 0.490 e. The zero-order valence-electron chi connectivity index (χ0n) is 25.3. The van der Waals surface area contributed by atoms with E-state index in [1.807, 2.05) is 55.1 Å². The van der Waals surface area contributed by atoms with Crippen molar-refractivity contribution in [2.75, 3.05) is 59.0 Å². The lowest BCUT2D eigenvalue weighted by atomic mass is 9.75. The smallest absolute Gasteiger partial charge is 0.254 e. The van der Waals surface area contributed by atoms with E-state index in [0.717, 1.165) is 56.0 Å². The molecule has 0 spiro atoms. The lowest BCUT2D eigenvalue weighted by Gasteiger charge is -2.45. The Morgan fingerprint density at radius 3 is 2.26 bits per heavy atom. The Morgan fingerprint density at radius 2 is 1.51 bits per heavy atom. The molecular weight excluding hydrogens is 540 g/mol. The molecule has 8 heteroatoms. The summed E-state index contributed by atoms with van der Waals surface area (Å²) in [6.45, 7) is 11.8. The van der Waals surface area contributed by atoms with E-state index in [9.17, 15) is 9.59 Å². The van der Waals surface area contributed by atoms with Gasteiger partial charge >= 0.3 is 0 Å². The van der Waals surface area contributed by atoms with E-state index in [1.54, 1.807) is 0 Å². The van der Waals surface area contributed by atoms with Gasteiger partial charge in [0, 0.05) is 57.9 Å².